The first kappa shape index (κ1) is 19.6. The van der Waals surface area contributed by atoms with Gasteiger partial charge in [-0.15, -0.1) is 0 Å². The first-order valence-corrected chi connectivity index (χ1v) is 8.80. The maximum Gasteiger partial charge on any atom is 0.328 e. The number of carboxylic acids is 1. The molecule has 0 aliphatic carbocycles. The van der Waals surface area contributed by atoms with E-state index in [4.69, 9.17) is 9.47 Å². The average molecular weight is 385 g/mol. The third-order valence-corrected chi connectivity index (χ3v) is 4.22. The first-order valence-electron chi connectivity index (χ1n) is 8.80. The fourth-order valence-corrected chi connectivity index (χ4v) is 2.73. The van der Waals surface area contributed by atoms with Gasteiger partial charge in [-0.2, -0.15) is 0 Å². The van der Waals surface area contributed by atoms with Crippen LogP contribution in [0.5, 0.6) is 0 Å². The molecule has 0 bridgehead atoms. The summed E-state index contributed by atoms with van der Waals surface area (Å²) in [7, 11) is 0. The van der Waals surface area contributed by atoms with Crippen molar-refractivity contribution >= 4 is 17.6 Å². The number of amides is 1. The molecule has 146 valence electrons. The second-order valence-electron chi connectivity index (χ2n) is 6.32. The summed E-state index contributed by atoms with van der Waals surface area (Å²) < 4.78 is 24.0. The lowest BCUT2D eigenvalue weighted by Gasteiger charge is -2.18. The van der Waals surface area contributed by atoms with E-state index < -0.39 is 24.0 Å². The highest BCUT2D eigenvalue weighted by molar-refractivity contribution is 5.88. The van der Waals surface area contributed by atoms with E-state index in [1.807, 2.05) is 30.3 Å². The molecule has 1 aliphatic heterocycles. The Balaban J connectivity index is 1.50. The van der Waals surface area contributed by atoms with E-state index in [2.05, 4.69) is 5.32 Å². The lowest BCUT2D eigenvalue weighted by Crippen LogP contribution is -2.47. The summed E-state index contributed by atoms with van der Waals surface area (Å²) in [5, 5.41) is 11.8. The molecule has 1 heterocycles. The summed E-state index contributed by atoms with van der Waals surface area (Å²) in [5.74, 6) is -1.63. The van der Waals surface area contributed by atoms with Gasteiger partial charge in [0.15, 0.2) is 12.1 Å². The van der Waals surface area contributed by atoms with Gasteiger partial charge in [0.1, 0.15) is 11.6 Å². The number of carboxylic acid groups (broad SMARTS) is 1. The average Bonchev–Trinajstić information content (AvgIpc) is 3.19. The minimum Gasteiger partial charge on any atom is -0.480 e. The van der Waals surface area contributed by atoms with Crippen molar-refractivity contribution in [1.82, 2.24) is 5.32 Å². The Morgan fingerprint density at radius 3 is 2.57 bits per heavy atom. The highest BCUT2D eigenvalue weighted by Crippen LogP contribution is 2.26. The smallest absolute Gasteiger partial charge is 0.328 e. The zero-order chi connectivity index (χ0) is 19.9. The van der Waals surface area contributed by atoms with Gasteiger partial charge in [-0.25, -0.2) is 9.18 Å². The van der Waals surface area contributed by atoms with Crippen molar-refractivity contribution in [2.24, 2.45) is 0 Å². The first-order chi connectivity index (χ1) is 13.5. The number of carbonyl (C=O) groups excluding carboxylic acids is 1. The molecule has 3 rings (SSSR count). The Morgan fingerprint density at radius 2 is 1.89 bits per heavy atom. The third kappa shape index (κ3) is 5.17. The highest BCUT2D eigenvalue weighted by atomic mass is 19.1. The summed E-state index contributed by atoms with van der Waals surface area (Å²) in [6, 6.07) is 13.9. The second kappa shape index (κ2) is 9.14. The Morgan fingerprint density at radius 1 is 1.18 bits per heavy atom. The Hall–Kier alpha value is -3.19. The number of hydrogen-bond donors (Lipinski definition) is 2. The van der Waals surface area contributed by atoms with Crippen LogP contribution in [0, 0.1) is 5.82 Å². The molecule has 2 aromatic carbocycles. The standard InChI is InChI=1S/C21H20FNO5/c22-16-8-6-15(7-9-16)18-10-11-19(28-18)20(24)23-17(21(25)26)13-27-12-14-4-2-1-3-5-14/h1-10,17,19H,11-13H2,(H,23,24)(H,25,26). The molecule has 2 atom stereocenters. The van der Waals surface area contributed by atoms with Crippen LogP contribution in [0.3, 0.4) is 0 Å². The number of aliphatic carboxylic acids is 1. The molecule has 0 saturated carbocycles. The highest BCUT2D eigenvalue weighted by Gasteiger charge is 2.30. The SMILES string of the molecule is O=C(O)C(COCc1ccccc1)NC(=O)C1CC=C(c2ccc(F)cc2)O1. The molecule has 28 heavy (non-hydrogen) atoms. The van der Waals surface area contributed by atoms with Crippen LogP contribution < -0.4 is 5.32 Å². The Labute approximate surface area is 161 Å². The molecule has 1 aliphatic rings. The number of benzene rings is 2. The zero-order valence-electron chi connectivity index (χ0n) is 15.0. The molecule has 1 amide bonds. The van der Waals surface area contributed by atoms with Crippen LogP contribution in [-0.2, 0) is 25.7 Å². The minimum atomic E-state index is -1.19. The van der Waals surface area contributed by atoms with Crippen molar-refractivity contribution in [1.29, 1.82) is 0 Å². The molecule has 7 heteroatoms. The van der Waals surface area contributed by atoms with Crippen LogP contribution >= 0.6 is 0 Å². The lowest BCUT2D eigenvalue weighted by molar-refractivity contribution is -0.145. The van der Waals surface area contributed by atoms with Gasteiger partial charge in [0, 0.05) is 12.0 Å². The van der Waals surface area contributed by atoms with Crippen LogP contribution in [0.2, 0.25) is 0 Å². The largest absolute Gasteiger partial charge is 0.480 e. The summed E-state index contributed by atoms with van der Waals surface area (Å²) in [6.45, 7) is 0.0810. The van der Waals surface area contributed by atoms with E-state index >= 15 is 0 Å². The van der Waals surface area contributed by atoms with Crippen molar-refractivity contribution in [3.05, 3.63) is 77.6 Å². The zero-order valence-corrected chi connectivity index (χ0v) is 15.0. The molecule has 0 radical (unpaired) electrons. The normalized spacial score (nSPS) is 16.8. The quantitative estimate of drug-likeness (QED) is 0.730. The molecule has 0 aromatic heterocycles. The minimum absolute atomic E-state index is 0.166. The van der Waals surface area contributed by atoms with Gasteiger partial charge in [0.25, 0.3) is 5.91 Å². The van der Waals surface area contributed by atoms with E-state index in [1.165, 1.54) is 12.1 Å². The van der Waals surface area contributed by atoms with Crippen LogP contribution in [-0.4, -0.2) is 35.7 Å². The maximum atomic E-state index is 13.0. The van der Waals surface area contributed by atoms with E-state index in [9.17, 15) is 19.1 Å². The molecule has 6 nitrogen and oxygen atoms in total. The summed E-state index contributed by atoms with van der Waals surface area (Å²) in [6.07, 6.45) is 1.19. The molecule has 0 spiro atoms. The van der Waals surface area contributed by atoms with Gasteiger partial charge < -0.3 is 19.9 Å². The van der Waals surface area contributed by atoms with Gasteiger partial charge in [0.05, 0.1) is 13.2 Å². The maximum absolute atomic E-state index is 13.0. The lowest BCUT2D eigenvalue weighted by atomic mass is 10.1. The Kier molecular flexibility index (Phi) is 6.39. The second-order valence-corrected chi connectivity index (χ2v) is 6.32. The molecule has 2 aromatic rings. The van der Waals surface area contributed by atoms with Gasteiger partial charge >= 0.3 is 5.97 Å². The molecule has 0 saturated heterocycles. The van der Waals surface area contributed by atoms with Gasteiger partial charge in [-0.1, -0.05) is 30.3 Å². The number of rotatable bonds is 8. The van der Waals surface area contributed by atoms with Crippen molar-refractivity contribution in [3.63, 3.8) is 0 Å². The number of hydrogen-bond acceptors (Lipinski definition) is 4. The molecular formula is C21H20FNO5. The number of nitrogens with one attached hydrogen (secondary N) is 1. The monoisotopic (exact) mass is 385 g/mol. The van der Waals surface area contributed by atoms with Crippen molar-refractivity contribution in [2.45, 2.75) is 25.2 Å². The Bertz CT molecular complexity index is 851. The number of halogens is 1. The molecule has 0 fully saturated rings. The summed E-state index contributed by atoms with van der Waals surface area (Å²) in [4.78, 5) is 23.8. The van der Waals surface area contributed by atoms with Gasteiger partial charge in [-0.3, -0.25) is 4.79 Å². The van der Waals surface area contributed by atoms with Gasteiger partial charge in [-0.05, 0) is 35.9 Å². The van der Waals surface area contributed by atoms with Crippen LogP contribution in [0.15, 0.2) is 60.7 Å². The topological polar surface area (TPSA) is 84.9 Å². The van der Waals surface area contributed by atoms with Crippen LogP contribution in [0.25, 0.3) is 5.76 Å². The predicted molar refractivity (Wildman–Crippen MR) is 99.5 cm³/mol. The molecule has 2 unspecified atom stereocenters. The molecule has 2 N–H and O–H groups in total. The fraction of sp³-hybridized carbons (Fsp3) is 0.238. The van der Waals surface area contributed by atoms with Crippen LogP contribution in [0.4, 0.5) is 4.39 Å². The predicted octanol–water partition coefficient (Wildman–Crippen LogP) is 2.74. The van der Waals surface area contributed by atoms with E-state index in [1.54, 1.807) is 18.2 Å². The fourth-order valence-electron chi connectivity index (χ4n) is 2.73. The van der Waals surface area contributed by atoms with E-state index in [0.29, 0.717) is 17.7 Å². The van der Waals surface area contributed by atoms with Crippen molar-refractivity contribution in [2.75, 3.05) is 6.61 Å². The summed E-state index contributed by atoms with van der Waals surface area (Å²) >= 11 is 0. The number of carbonyl (C=O) groups is 2. The van der Waals surface area contributed by atoms with E-state index in [0.717, 1.165) is 5.56 Å². The van der Waals surface area contributed by atoms with Crippen molar-refractivity contribution < 1.29 is 28.6 Å². The molecular weight excluding hydrogens is 365 g/mol. The van der Waals surface area contributed by atoms with Crippen molar-refractivity contribution in [3.8, 4) is 0 Å². The third-order valence-electron chi connectivity index (χ3n) is 4.22. The van der Waals surface area contributed by atoms with Gasteiger partial charge in [0.2, 0.25) is 0 Å². The number of ether oxygens (including phenoxy) is 2. The van der Waals surface area contributed by atoms with Crippen LogP contribution in [0.1, 0.15) is 17.5 Å². The summed E-state index contributed by atoms with van der Waals surface area (Å²) in [5.41, 5.74) is 1.56. The van der Waals surface area contributed by atoms with E-state index in [-0.39, 0.29) is 19.0 Å².